The number of carbonyl (C=O) groups is 1. The highest BCUT2D eigenvalue weighted by Crippen LogP contribution is 2.26. The van der Waals surface area contributed by atoms with Crippen molar-refractivity contribution in [3.05, 3.63) is 89.2 Å². The molecule has 0 fully saturated rings. The lowest BCUT2D eigenvalue weighted by molar-refractivity contribution is 0.0448. The van der Waals surface area contributed by atoms with Crippen LogP contribution in [0.3, 0.4) is 0 Å². The van der Waals surface area contributed by atoms with Gasteiger partial charge in [0.05, 0.1) is 21.2 Å². The van der Waals surface area contributed by atoms with Crippen molar-refractivity contribution in [1.82, 2.24) is 0 Å². The molecular formula is C22H19ClFNO5S. The topological polar surface area (TPSA) is 72.9 Å². The van der Waals surface area contributed by atoms with E-state index < -0.39 is 21.8 Å². The van der Waals surface area contributed by atoms with Crippen LogP contribution in [0.1, 0.15) is 10.4 Å². The van der Waals surface area contributed by atoms with Gasteiger partial charge in [0, 0.05) is 7.05 Å². The lowest BCUT2D eigenvalue weighted by Gasteiger charge is -2.20. The zero-order valence-electron chi connectivity index (χ0n) is 16.5. The van der Waals surface area contributed by atoms with Gasteiger partial charge < -0.3 is 9.47 Å². The highest BCUT2D eigenvalue weighted by Gasteiger charge is 2.24. The third-order valence-corrected chi connectivity index (χ3v) is 6.46. The largest absolute Gasteiger partial charge is 0.487 e. The van der Waals surface area contributed by atoms with E-state index in [1.54, 1.807) is 36.4 Å². The number of hydrogen-bond acceptors (Lipinski definition) is 5. The van der Waals surface area contributed by atoms with Gasteiger partial charge in [0.1, 0.15) is 13.2 Å². The molecule has 0 saturated heterocycles. The number of nitrogens with zero attached hydrogens (tertiary/aromatic N) is 1. The standard InChI is InChI=1S/C22H19ClFNO5S/c1-25(16-7-3-2-4-8-16)31(27,28)17-11-12-19(23)18(15-17)22(26)30-14-13-29-21-10-6-5-9-20(21)24/h2-12,15H,13-14H2,1H3. The quantitative estimate of drug-likeness (QED) is 0.362. The van der Waals surface area contributed by atoms with Crippen molar-refractivity contribution in [2.24, 2.45) is 0 Å². The summed E-state index contributed by atoms with van der Waals surface area (Å²) in [5.41, 5.74) is 0.363. The van der Waals surface area contributed by atoms with Crippen LogP contribution < -0.4 is 9.04 Å². The Morgan fingerprint density at radius 3 is 2.39 bits per heavy atom. The second-order valence-corrected chi connectivity index (χ2v) is 8.74. The first kappa shape index (κ1) is 22.6. The first-order valence-corrected chi connectivity index (χ1v) is 11.0. The van der Waals surface area contributed by atoms with Crippen LogP contribution in [0.25, 0.3) is 0 Å². The van der Waals surface area contributed by atoms with Crippen molar-refractivity contribution in [3.63, 3.8) is 0 Å². The van der Waals surface area contributed by atoms with Gasteiger partial charge in [-0.15, -0.1) is 0 Å². The zero-order valence-corrected chi connectivity index (χ0v) is 18.1. The summed E-state index contributed by atoms with van der Waals surface area (Å²) in [5.74, 6) is -1.31. The van der Waals surface area contributed by atoms with Crippen molar-refractivity contribution in [1.29, 1.82) is 0 Å². The number of para-hydroxylation sites is 2. The number of carbonyl (C=O) groups excluding carboxylic acids is 1. The fraction of sp³-hybridized carbons (Fsp3) is 0.136. The molecule has 0 atom stereocenters. The van der Waals surface area contributed by atoms with E-state index >= 15 is 0 Å². The predicted octanol–water partition coefficient (Wildman–Crippen LogP) is 4.54. The summed E-state index contributed by atoms with van der Waals surface area (Å²) in [6, 6.07) is 18.2. The molecule has 3 aromatic carbocycles. The molecular weight excluding hydrogens is 445 g/mol. The molecule has 9 heteroatoms. The maximum absolute atomic E-state index is 13.5. The highest BCUT2D eigenvalue weighted by molar-refractivity contribution is 7.92. The second kappa shape index (κ2) is 9.80. The molecule has 3 aromatic rings. The van der Waals surface area contributed by atoms with Crippen molar-refractivity contribution in [2.75, 3.05) is 24.6 Å². The summed E-state index contributed by atoms with van der Waals surface area (Å²) < 4.78 is 50.8. The Morgan fingerprint density at radius 1 is 1.00 bits per heavy atom. The molecule has 0 aliphatic heterocycles. The van der Waals surface area contributed by atoms with Crippen molar-refractivity contribution < 1.29 is 27.1 Å². The monoisotopic (exact) mass is 463 g/mol. The van der Waals surface area contributed by atoms with Crippen LogP contribution in [-0.4, -0.2) is 34.6 Å². The van der Waals surface area contributed by atoms with Gasteiger partial charge in [0.2, 0.25) is 0 Å². The Kier molecular flexibility index (Phi) is 7.14. The SMILES string of the molecule is CN(c1ccccc1)S(=O)(=O)c1ccc(Cl)c(C(=O)OCCOc2ccccc2F)c1. The summed E-state index contributed by atoms with van der Waals surface area (Å²) >= 11 is 6.08. The fourth-order valence-corrected chi connectivity index (χ4v) is 4.10. The smallest absolute Gasteiger partial charge is 0.339 e. The minimum Gasteiger partial charge on any atom is -0.487 e. The molecule has 0 aliphatic carbocycles. The summed E-state index contributed by atoms with van der Waals surface area (Å²) in [6.07, 6.45) is 0. The first-order valence-electron chi connectivity index (χ1n) is 9.18. The molecule has 0 N–H and O–H groups in total. The van der Waals surface area contributed by atoms with E-state index in [-0.39, 0.29) is 34.4 Å². The molecule has 3 rings (SSSR count). The van der Waals surface area contributed by atoms with Crippen LogP contribution in [0.2, 0.25) is 5.02 Å². The lowest BCUT2D eigenvalue weighted by Crippen LogP contribution is -2.26. The Morgan fingerprint density at radius 2 is 1.68 bits per heavy atom. The Balaban J connectivity index is 1.70. The van der Waals surface area contributed by atoms with Crippen LogP contribution in [-0.2, 0) is 14.8 Å². The number of halogens is 2. The Labute approximate surface area is 184 Å². The van der Waals surface area contributed by atoms with E-state index in [2.05, 4.69) is 0 Å². The van der Waals surface area contributed by atoms with Crippen LogP contribution in [0.15, 0.2) is 77.7 Å². The van der Waals surface area contributed by atoms with Crippen LogP contribution >= 0.6 is 11.6 Å². The Bertz CT molecular complexity index is 1170. The van der Waals surface area contributed by atoms with Gasteiger partial charge in [0.15, 0.2) is 11.6 Å². The number of sulfonamides is 1. The van der Waals surface area contributed by atoms with E-state index in [1.807, 2.05) is 0 Å². The van der Waals surface area contributed by atoms with Gasteiger partial charge in [-0.2, -0.15) is 0 Å². The van der Waals surface area contributed by atoms with Crippen molar-refractivity contribution >= 4 is 33.3 Å². The van der Waals surface area contributed by atoms with E-state index in [4.69, 9.17) is 21.1 Å². The third-order valence-electron chi connectivity index (χ3n) is 4.35. The van der Waals surface area contributed by atoms with Gasteiger partial charge in [-0.05, 0) is 42.5 Å². The van der Waals surface area contributed by atoms with Gasteiger partial charge in [-0.25, -0.2) is 17.6 Å². The van der Waals surface area contributed by atoms with Gasteiger partial charge >= 0.3 is 5.97 Å². The van der Waals surface area contributed by atoms with E-state index in [9.17, 15) is 17.6 Å². The first-order chi connectivity index (χ1) is 14.8. The third kappa shape index (κ3) is 5.34. The predicted molar refractivity (Wildman–Crippen MR) is 116 cm³/mol. The normalized spacial score (nSPS) is 11.1. The molecule has 0 radical (unpaired) electrons. The zero-order chi connectivity index (χ0) is 22.4. The minimum absolute atomic E-state index is 0.0358. The maximum atomic E-state index is 13.5. The number of ether oxygens (including phenoxy) is 2. The van der Waals surface area contributed by atoms with Crippen LogP contribution in [0.5, 0.6) is 5.75 Å². The molecule has 0 spiro atoms. The minimum atomic E-state index is -3.93. The average Bonchev–Trinajstić information content (AvgIpc) is 2.78. The number of esters is 1. The van der Waals surface area contributed by atoms with E-state index in [0.29, 0.717) is 5.69 Å². The summed E-state index contributed by atoms with van der Waals surface area (Å²) in [6.45, 7) is -0.260. The highest BCUT2D eigenvalue weighted by atomic mass is 35.5. The molecule has 31 heavy (non-hydrogen) atoms. The number of hydrogen-bond donors (Lipinski definition) is 0. The lowest BCUT2D eigenvalue weighted by atomic mass is 10.2. The molecule has 0 aromatic heterocycles. The average molecular weight is 464 g/mol. The number of rotatable bonds is 8. The molecule has 162 valence electrons. The summed E-state index contributed by atoms with van der Waals surface area (Å²) in [7, 11) is -2.52. The fourth-order valence-electron chi connectivity index (χ4n) is 2.68. The van der Waals surface area contributed by atoms with Crippen molar-refractivity contribution in [2.45, 2.75) is 4.90 Å². The Hall–Kier alpha value is -3.10. The molecule has 0 saturated carbocycles. The van der Waals surface area contributed by atoms with Crippen LogP contribution in [0, 0.1) is 5.82 Å². The summed E-state index contributed by atoms with van der Waals surface area (Å²) in [5, 5.41) is 0.0429. The maximum Gasteiger partial charge on any atom is 0.339 e. The van der Waals surface area contributed by atoms with Gasteiger partial charge in [-0.3, -0.25) is 4.31 Å². The molecule has 0 unspecified atom stereocenters. The number of benzene rings is 3. The van der Waals surface area contributed by atoms with Gasteiger partial charge in [-0.1, -0.05) is 41.9 Å². The molecule has 0 bridgehead atoms. The summed E-state index contributed by atoms with van der Waals surface area (Å²) in [4.78, 5) is 12.3. The van der Waals surface area contributed by atoms with E-state index in [0.717, 1.165) is 10.4 Å². The molecule has 0 aliphatic rings. The number of anilines is 1. The molecule has 0 heterocycles. The molecule has 6 nitrogen and oxygen atoms in total. The van der Waals surface area contributed by atoms with E-state index in [1.165, 1.54) is 37.4 Å². The van der Waals surface area contributed by atoms with Crippen LogP contribution in [0.4, 0.5) is 10.1 Å². The van der Waals surface area contributed by atoms with Gasteiger partial charge in [0.25, 0.3) is 10.0 Å². The second-order valence-electron chi connectivity index (χ2n) is 6.36. The molecule has 0 amide bonds. The van der Waals surface area contributed by atoms with Crippen molar-refractivity contribution in [3.8, 4) is 5.75 Å².